The molecule has 128 valence electrons. The van der Waals surface area contributed by atoms with Crippen molar-refractivity contribution >= 4 is 12.1 Å². The van der Waals surface area contributed by atoms with E-state index in [1.165, 1.54) is 0 Å². The maximum Gasteiger partial charge on any atom is 0.315 e. The SMILES string of the molecule is CC(C)(C)NC(=O)N[C@@H]1CCC[C@@H](NC(=O)NC(C)(C)C)C1. The Labute approximate surface area is 134 Å². The number of nitrogens with one attached hydrogen (secondary N) is 4. The van der Waals surface area contributed by atoms with Crippen molar-refractivity contribution < 1.29 is 9.59 Å². The summed E-state index contributed by atoms with van der Waals surface area (Å²) in [4.78, 5) is 23.8. The molecule has 0 saturated heterocycles. The average Bonchev–Trinajstić information content (AvgIpc) is 2.22. The Kier molecular flexibility index (Phi) is 6.08. The molecule has 0 aromatic rings. The second-order valence-corrected chi connectivity index (χ2v) is 8.26. The first-order valence-electron chi connectivity index (χ1n) is 8.12. The number of urea groups is 2. The standard InChI is InChI=1S/C16H32N4O2/c1-15(2,3)19-13(21)17-11-8-7-9-12(10-11)18-14(22)20-16(4,5)6/h11-12H,7-10H2,1-6H3,(H2,17,19,21)(H2,18,20,22)/t11-,12-/m1/s1. The molecule has 1 saturated carbocycles. The van der Waals surface area contributed by atoms with Crippen LogP contribution in [0.2, 0.25) is 0 Å². The highest BCUT2D eigenvalue weighted by Crippen LogP contribution is 2.19. The monoisotopic (exact) mass is 312 g/mol. The molecule has 0 bridgehead atoms. The maximum atomic E-state index is 11.9. The van der Waals surface area contributed by atoms with E-state index in [-0.39, 0.29) is 35.2 Å². The van der Waals surface area contributed by atoms with Crippen molar-refractivity contribution in [3.05, 3.63) is 0 Å². The Morgan fingerprint density at radius 2 is 1.14 bits per heavy atom. The van der Waals surface area contributed by atoms with Gasteiger partial charge in [0, 0.05) is 23.2 Å². The first kappa shape index (κ1) is 18.6. The van der Waals surface area contributed by atoms with Gasteiger partial charge in [-0.15, -0.1) is 0 Å². The van der Waals surface area contributed by atoms with Crippen molar-refractivity contribution in [2.45, 2.75) is 90.4 Å². The van der Waals surface area contributed by atoms with Crippen LogP contribution in [0, 0.1) is 0 Å². The Hall–Kier alpha value is -1.46. The van der Waals surface area contributed by atoms with Gasteiger partial charge in [0.1, 0.15) is 0 Å². The molecule has 22 heavy (non-hydrogen) atoms. The largest absolute Gasteiger partial charge is 0.335 e. The number of hydrogen-bond acceptors (Lipinski definition) is 2. The van der Waals surface area contributed by atoms with Crippen molar-refractivity contribution in [3.63, 3.8) is 0 Å². The highest BCUT2D eigenvalue weighted by Gasteiger charge is 2.26. The van der Waals surface area contributed by atoms with E-state index in [0.717, 1.165) is 25.7 Å². The van der Waals surface area contributed by atoms with Crippen LogP contribution in [0.25, 0.3) is 0 Å². The maximum absolute atomic E-state index is 11.9. The number of rotatable bonds is 2. The number of carbonyl (C=O) groups excluding carboxylic acids is 2. The molecule has 1 fully saturated rings. The van der Waals surface area contributed by atoms with Gasteiger partial charge in [0.25, 0.3) is 0 Å². The van der Waals surface area contributed by atoms with E-state index < -0.39 is 0 Å². The van der Waals surface area contributed by atoms with E-state index in [9.17, 15) is 9.59 Å². The van der Waals surface area contributed by atoms with Crippen LogP contribution in [-0.4, -0.2) is 35.2 Å². The summed E-state index contributed by atoms with van der Waals surface area (Å²) in [6.07, 6.45) is 3.68. The molecule has 0 radical (unpaired) electrons. The van der Waals surface area contributed by atoms with E-state index >= 15 is 0 Å². The number of carbonyl (C=O) groups is 2. The minimum atomic E-state index is -0.247. The topological polar surface area (TPSA) is 82.3 Å². The summed E-state index contributed by atoms with van der Waals surface area (Å²) >= 11 is 0. The third kappa shape index (κ3) is 8.10. The quantitative estimate of drug-likeness (QED) is 0.632. The van der Waals surface area contributed by atoms with E-state index in [2.05, 4.69) is 21.3 Å². The molecule has 1 rings (SSSR count). The Balaban J connectivity index is 2.41. The van der Waals surface area contributed by atoms with E-state index in [1.807, 2.05) is 41.5 Å². The highest BCUT2D eigenvalue weighted by molar-refractivity contribution is 5.75. The van der Waals surface area contributed by atoms with Gasteiger partial charge in [0.15, 0.2) is 0 Å². The zero-order valence-electron chi connectivity index (χ0n) is 14.8. The molecule has 4 N–H and O–H groups in total. The molecule has 0 aromatic heterocycles. The van der Waals surface area contributed by atoms with Crippen molar-refractivity contribution in [2.75, 3.05) is 0 Å². The third-order valence-electron chi connectivity index (χ3n) is 3.32. The third-order valence-corrected chi connectivity index (χ3v) is 3.32. The van der Waals surface area contributed by atoms with Gasteiger partial charge in [-0.05, 0) is 67.2 Å². The van der Waals surface area contributed by atoms with Crippen LogP contribution in [0.3, 0.4) is 0 Å². The zero-order chi connectivity index (χ0) is 17.0. The molecule has 0 aromatic carbocycles. The molecule has 6 nitrogen and oxygen atoms in total. The smallest absolute Gasteiger partial charge is 0.315 e. The van der Waals surface area contributed by atoms with Gasteiger partial charge in [0.05, 0.1) is 0 Å². The second-order valence-electron chi connectivity index (χ2n) is 8.26. The molecule has 6 heteroatoms. The van der Waals surface area contributed by atoms with Crippen LogP contribution in [0.1, 0.15) is 67.2 Å². The molecule has 0 spiro atoms. The van der Waals surface area contributed by atoms with Crippen LogP contribution in [-0.2, 0) is 0 Å². The van der Waals surface area contributed by atoms with Crippen LogP contribution in [0.15, 0.2) is 0 Å². The first-order chi connectivity index (χ1) is 9.94. The Morgan fingerprint density at radius 3 is 1.45 bits per heavy atom. The first-order valence-corrected chi connectivity index (χ1v) is 8.12. The van der Waals surface area contributed by atoms with Crippen LogP contribution < -0.4 is 21.3 Å². The Morgan fingerprint density at radius 1 is 0.773 bits per heavy atom. The van der Waals surface area contributed by atoms with Crippen molar-refractivity contribution in [3.8, 4) is 0 Å². The van der Waals surface area contributed by atoms with Gasteiger partial charge < -0.3 is 21.3 Å². The minimum Gasteiger partial charge on any atom is -0.335 e. The van der Waals surface area contributed by atoms with Gasteiger partial charge in [0.2, 0.25) is 0 Å². The lowest BCUT2D eigenvalue weighted by molar-refractivity contribution is 0.213. The lowest BCUT2D eigenvalue weighted by Crippen LogP contribution is -2.54. The predicted molar refractivity (Wildman–Crippen MR) is 88.9 cm³/mol. The fourth-order valence-electron chi connectivity index (χ4n) is 2.58. The summed E-state index contributed by atoms with van der Waals surface area (Å²) in [6.45, 7) is 11.7. The van der Waals surface area contributed by atoms with Crippen LogP contribution in [0.4, 0.5) is 9.59 Å². The van der Waals surface area contributed by atoms with Crippen molar-refractivity contribution in [2.24, 2.45) is 0 Å². The highest BCUT2D eigenvalue weighted by atomic mass is 16.2. The summed E-state index contributed by atoms with van der Waals surface area (Å²) in [5.74, 6) is 0. The fourth-order valence-corrected chi connectivity index (χ4v) is 2.58. The predicted octanol–water partition coefficient (Wildman–Crippen LogP) is 2.49. The van der Waals surface area contributed by atoms with E-state index in [0.29, 0.717) is 0 Å². The van der Waals surface area contributed by atoms with Gasteiger partial charge in [-0.25, -0.2) is 9.59 Å². The molecular weight excluding hydrogens is 280 g/mol. The summed E-state index contributed by atoms with van der Waals surface area (Å²) < 4.78 is 0. The van der Waals surface area contributed by atoms with Crippen LogP contribution >= 0.6 is 0 Å². The number of amides is 4. The van der Waals surface area contributed by atoms with Crippen molar-refractivity contribution in [1.82, 2.24) is 21.3 Å². The Bertz CT molecular complexity index is 360. The summed E-state index contributed by atoms with van der Waals surface area (Å²) in [5, 5.41) is 11.8. The minimum absolute atomic E-state index is 0.107. The van der Waals surface area contributed by atoms with Gasteiger partial charge in [-0.2, -0.15) is 0 Å². The lowest BCUT2D eigenvalue weighted by Gasteiger charge is -2.32. The van der Waals surface area contributed by atoms with E-state index in [4.69, 9.17) is 0 Å². The molecule has 0 heterocycles. The summed E-state index contributed by atoms with van der Waals surface area (Å²) in [7, 11) is 0. The van der Waals surface area contributed by atoms with Gasteiger partial charge >= 0.3 is 12.1 Å². The molecule has 1 aliphatic rings. The number of hydrogen-bond donors (Lipinski definition) is 4. The molecule has 0 unspecified atom stereocenters. The molecule has 2 atom stereocenters. The summed E-state index contributed by atoms with van der Waals surface area (Å²) in [6, 6.07) is -0.0679. The van der Waals surface area contributed by atoms with Crippen molar-refractivity contribution in [1.29, 1.82) is 0 Å². The van der Waals surface area contributed by atoms with Gasteiger partial charge in [-0.1, -0.05) is 0 Å². The van der Waals surface area contributed by atoms with Gasteiger partial charge in [-0.3, -0.25) is 0 Å². The zero-order valence-corrected chi connectivity index (χ0v) is 14.8. The second kappa shape index (κ2) is 7.20. The summed E-state index contributed by atoms with van der Waals surface area (Å²) in [5.41, 5.74) is -0.494. The normalized spacial score (nSPS) is 22.6. The lowest BCUT2D eigenvalue weighted by atomic mass is 9.91. The fraction of sp³-hybridized carbons (Fsp3) is 0.875. The molecular formula is C16H32N4O2. The molecule has 0 aliphatic heterocycles. The van der Waals surface area contributed by atoms with Crippen LogP contribution in [0.5, 0.6) is 0 Å². The molecule has 4 amide bonds. The molecule has 1 aliphatic carbocycles. The average molecular weight is 312 g/mol. The van der Waals surface area contributed by atoms with E-state index in [1.54, 1.807) is 0 Å².